The van der Waals surface area contributed by atoms with Crippen LogP contribution in [0.3, 0.4) is 0 Å². The number of piperidine rings is 1. The molecule has 1 saturated heterocycles. The maximum absolute atomic E-state index is 13.0. The predicted octanol–water partition coefficient (Wildman–Crippen LogP) is 4.16. The lowest BCUT2D eigenvalue weighted by atomic mass is 10.1. The molecule has 1 fully saturated rings. The zero-order valence-electron chi connectivity index (χ0n) is 18.3. The molecular weight excluding hydrogens is 430 g/mol. The highest BCUT2D eigenvalue weighted by molar-refractivity contribution is 7.89. The molecule has 1 aliphatic heterocycles. The van der Waals surface area contributed by atoms with Crippen LogP contribution in [-0.2, 0) is 17.1 Å². The third kappa shape index (κ3) is 4.12. The summed E-state index contributed by atoms with van der Waals surface area (Å²) in [5.74, 6) is -0.383. The van der Waals surface area contributed by atoms with Gasteiger partial charge in [-0.1, -0.05) is 23.8 Å². The van der Waals surface area contributed by atoms with Crippen molar-refractivity contribution in [1.82, 2.24) is 8.87 Å². The second-order valence-electron chi connectivity index (χ2n) is 8.27. The van der Waals surface area contributed by atoms with Gasteiger partial charge in [-0.25, -0.2) is 8.42 Å². The lowest BCUT2D eigenvalue weighted by molar-refractivity contribution is 0.0998. The molecule has 4 rings (SSSR count). The summed E-state index contributed by atoms with van der Waals surface area (Å²) >= 11 is 1.47. The summed E-state index contributed by atoms with van der Waals surface area (Å²) in [5, 5.41) is 0. The molecule has 3 aromatic rings. The van der Waals surface area contributed by atoms with Crippen molar-refractivity contribution in [2.75, 3.05) is 6.54 Å². The Morgan fingerprint density at radius 2 is 1.84 bits per heavy atom. The SMILES string of the molecule is Cc1cc(C)c2c(c1)sc(=NC(=O)c1ccc(S(=O)(=O)N3CCCCC3C)cc1)n2C. The van der Waals surface area contributed by atoms with Gasteiger partial charge >= 0.3 is 0 Å². The van der Waals surface area contributed by atoms with Crippen LogP contribution >= 0.6 is 11.3 Å². The molecule has 1 amide bonds. The normalized spacial score (nSPS) is 18.6. The van der Waals surface area contributed by atoms with E-state index in [4.69, 9.17) is 0 Å². The highest BCUT2D eigenvalue weighted by atomic mass is 32.2. The molecule has 0 radical (unpaired) electrons. The summed E-state index contributed by atoms with van der Waals surface area (Å²) in [6, 6.07) is 10.3. The van der Waals surface area contributed by atoms with Crippen molar-refractivity contribution >= 4 is 37.5 Å². The molecule has 0 bridgehead atoms. The first-order valence-corrected chi connectivity index (χ1v) is 12.7. The number of carbonyl (C=O) groups is 1. The number of rotatable bonds is 3. The number of hydrogen-bond donors (Lipinski definition) is 0. The minimum absolute atomic E-state index is 0.00453. The van der Waals surface area contributed by atoms with Crippen LogP contribution in [0.5, 0.6) is 0 Å². The maximum Gasteiger partial charge on any atom is 0.279 e. The van der Waals surface area contributed by atoms with Crippen molar-refractivity contribution in [2.45, 2.75) is 51.0 Å². The van der Waals surface area contributed by atoms with Crippen LogP contribution in [0.15, 0.2) is 46.3 Å². The number of aromatic nitrogens is 1. The van der Waals surface area contributed by atoms with Gasteiger partial charge in [0.05, 0.1) is 15.1 Å². The lowest BCUT2D eigenvalue weighted by Gasteiger charge is -2.32. The van der Waals surface area contributed by atoms with Crippen molar-refractivity contribution in [2.24, 2.45) is 12.0 Å². The summed E-state index contributed by atoms with van der Waals surface area (Å²) < 4.78 is 30.6. The predicted molar refractivity (Wildman–Crippen MR) is 124 cm³/mol. The third-order valence-electron chi connectivity index (χ3n) is 5.88. The summed E-state index contributed by atoms with van der Waals surface area (Å²) in [7, 11) is -1.65. The topological polar surface area (TPSA) is 71.7 Å². The fourth-order valence-corrected chi connectivity index (χ4v) is 7.17. The summed E-state index contributed by atoms with van der Waals surface area (Å²) in [6.07, 6.45) is 2.81. The van der Waals surface area contributed by atoms with Gasteiger partial charge in [0.15, 0.2) is 4.80 Å². The first-order valence-electron chi connectivity index (χ1n) is 10.5. The average molecular weight is 458 g/mol. The molecule has 1 unspecified atom stereocenters. The van der Waals surface area contributed by atoms with Crippen molar-refractivity contribution in [3.05, 3.63) is 57.9 Å². The van der Waals surface area contributed by atoms with Gasteiger partial charge in [-0.2, -0.15) is 9.30 Å². The summed E-state index contributed by atoms with van der Waals surface area (Å²) in [4.78, 5) is 17.9. The zero-order valence-corrected chi connectivity index (χ0v) is 19.9. The average Bonchev–Trinajstić information content (AvgIpc) is 3.03. The maximum atomic E-state index is 13.0. The Kier molecular flexibility index (Phi) is 5.89. The molecule has 0 saturated carbocycles. The Labute approximate surface area is 186 Å². The number of sulfonamides is 1. The minimum Gasteiger partial charge on any atom is -0.319 e. The highest BCUT2D eigenvalue weighted by Crippen LogP contribution is 2.26. The number of amides is 1. The largest absolute Gasteiger partial charge is 0.319 e. The van der Waals surface area contributed by atoms with Crippen LogP contribution in [0.4, 0.5) is 0 Å². The number of nitrogens with zero attached hydrogens (tertiary/aromatic N) is 3. The molecule has 6 nitrogen and oxygen atoms in total. The van der Waals surface area contributed by atoms with E-state index >= 15 is 0 Å². The van der Waals surface area contributed by atoms with Crippen LogP contribution < -0.4 is 4.80 Å². The Bertz CT molecular complexity index is 1320. The zero-order chi connectivity index (χ0) is 22.3. The molecule has 8 heteroatoms. The van der Waals surface area contributed by atoms with Crippen molar-refractivity contribution in [3.63, 3.8) is 0 Å². The van der Waals surface area contributed by atoms with E-state index < -0.39 is 10.0 Å². The van der Waals surface area contributed by atoms with Gasteiger partial charge in [0.25, 0.3) is 5.91 Å². The number of aryl methyl sites for hydroxylation is 3. The standard InChI is InChI=1S/C23H27N3O3S2/c1-15-13-16(2)21-20(14-15)30-23(25(21)4)24-22(27)18-8-10-19(11-9-18)31(28,29)26-12-6-5-7-17(26)3/h8-11,13-14,17H,5-7,12H2,1-4H3. The van der Waals surface area contributed by atoms with Gasteiger partial charge in [0.1, 0.15) is 0 Å². The third-order valence-corrected chi connectivity index (χ3v) is 8.99. The number of hydrogen-bond acceptors (Lipinski definition) is 4. The van der Waals surface area contributed by atoms with Crippen LogP contribution in [-0.4, -0.2) is 35.8 Å². The number of benzene rings is 2. The molecule has 0 spiro atoms. The molecule has 1 aromatic heterocycles. The first-order chi connectivity index (χ1) is 14.7. The van der Waals surface area contributed by atoms with Gasteiger partial charge in [-0.05, 0) is 75.1 Å². The van der Waals surface area contributed by atoms with E-state index in [0.717, 1.165) is 35.0 Å². The van der Waals surface area contributed by atoms with E-state index in [1.54, 1.807) is 16.4 Å². The second-order valence-corrected chi connectivity index (χ2v) is 11.2. The minimum atomic E-state index is -3.56. The molecule has 2 aromatic carbocycles. The Balaban J connectivity index is 1.64. The van der Waals surface area contributed by atoms with Crippen LogP contribution in [0.25, 0.3) is 10.2 Å². The van der Waals surface area contributed by atoms with Gasteiger partial charge in [-0.15, -0.1) is 0 Å². The van der Waals surface area contributed by atoms with Crippen LogP contribution in [0, 0.1) is 13.8 Å². The second kappa shape index (κ2) is 8.33. The van der Waals surface area contributed by atoms with E-state index in [9.17, 15) is 13.2 Å². The molecule has 164 valence electrons. The quantitative estimate of drug-likeness (QED) is 0.593. The molecule has 1 aliphatic rings. The van der Waals surface area contributed by atoms with E-state index in [1.165, 1.54) is 29.0 Å². The van der Waals surface area contributed by atoms with Crippen molar-refractivity contribution in [3.8, 4) is 0 Å². The molecule has 31 heavy (non-hydrogen) atoms. The molecule has 1 atom stereocenters. The fraction of sp³-hybridized carbons (Fsp3) is 0.391. The van der Waals surface area contributed by atoms with Crippen molar-refractivity contribution < 1.29 is 13.2 Å². The van der Waals surface area contributed by atoms with Gasteiger partial charge < -0.3 is 4.57 Å². The lowest BCUT2D eigenvalue weighted by Crippen LogP contribution is -2.41. The number of fused-ring (bicyclic) bond motifs is 1. The number of carbonyl (C=O) groups excluding carboxylic acids is 1. The summed E-state index contributed by atoms with van der Waals surface area (Å²) in [6.45, 7) is 6.59. The van der Waals surface area contributed by atoms with E-state index in [2.05, 4.69) is 24.0 Å². The molecule has 0 aliphatic carbocycles. The summed E-state index contributed by atoms with van der Waals surface area (Å²) in [5.41, 5.74) is 3.75. The molecule has 0 N–H and O–H groups in total. The van der Waals surface area contributed by atoms with E-state index in [-0.39, 0.29) is 16.8 Å². The van der Waals surface area contributed by atoms with Gasteiger partial charge in [-0.3, -0.25) is 4.79 Å². The Morgan fingerprint density at radius 3 is 2.52 bits per heavy atom. The van der Waals surface area contributed by atoms with Gasteiger partial charge in [0.2, 0.25) is 10.0 Å². The molecule has 2 heterocycles. The number of thiazole rings is 1. The monoisotopic (exact) mass is 457 g/mol. The Hall–Kier alpha value is -2.29. The first kappa shape index (κ1) is 21.9. The highest BCUT2D eigenvalue weighted by Gasteiger charge is 2.30. The van der Waals surface area contributed by atoms with Crippen LogP contribution in [0.1, 0.15) is 47.7 Å². The van der Waals surface area contributed by atoms with E-state index in [0.29, 0.717) is 16.9 Å². The van der Waals surface area contributed by atoms with E-state index in [1.807, 2.05) is 25.5 Å². The van der Waals surface area contributed by atoms with Crippen molar-refractivity contribution in [1.29, 1.82) is 0 Å². The Morgan fingerprint density at radius 1 is 1.13 bits per heavy atom. The fourth-order valence-electron chi connectivity index (χ4n) is 4.27. The van der Waals surface area contributed by atoms with Gasteiger partial charge in [0, 0.05) is 25.2 Å². The molecular formula is C23H27N3O3S2. The smallest absolute Gasteiger partial charge is 0.279 e. The van der Waals surface area contributed by atoms with Crippen LogP contribution in [0.2, 0.25) is 0 Å².